The molecule has 0 saturated heterocycles. The zero-order valence-electron chi connectivity index (χ0n) is 17.4. The summed E-state index contributed by atoms with van der Waals surface area (Å²) in [5.41, 5.74) is 2.84. The molecule has 0 aliphatic heterocycles. The van der Waals surface area contributed by atoms with E-state index in [1.165, 1.54) is 0 Å². The number of hydrogen-bond acceptors (Lipinski definition) is 7. The highest BCUT2D eigenvalue weighted by molar-refractivity contribution is 6.36. The van der Waals surface area contributed by atoms with Crippen molar-refractivity contribution in [1.29, 1.82) is 0 Å². The number of H-pyrrole nitrogens is 1. The van der Waals surface area contributed by atoms with E-state index in [9.17, 15) is 0 Å². The van der Waals surface area contributed by atoms with Crippen LogP contribution in [0.25, 0.3) is 16.7 Å². The molecule has 0 aliphatic carbocycles. The summed E-state index contributed by atoms with van der Waals surface area (Å²) in [6.45, 7) is 6.35. The second kappa shape index (κ2) is 6.95. The van der Waals surface area contributed by atoms with Crippen molar-refractivity contribution in [2.45, 2.75) is 26.2 Å². The molecule has 0 aromatic carbocycles. The van der Waals surface area contributed by atoms with Crippen LogP contribution in [-0.4, -0.2) is 39.3 Å². The van der Waals surface area contributed by atoms with Crippen molar-refractivity contribution in [3.8, 4) is 11.5 Å². The van der Waals surface area contributed by atoms with Gasteiger partial charge in [0.2, 0.25) is 5.95 Å². The minimum Gasteiger partial charge on any atom is -0.450 e. The van der Waals surface area contributed by atoms with Gasteiger partial charge >= 0.3 is 0 Å². The number of imidazole rings is 1. The van der Waals surface area contributed by atoms with Gasteiger partial charge in [-0.25, -0.2) is 9.50 Å². The third-order valence-corrected chi connectivity index (χ3v) is 5.31. The third-order valence-electron chi connectivity index (χ3n) is 4.94. The molecular formula is C20H20ClN9O. The molecule has 158 valence electrons. The summed E-state index contributed by atoms with van der Waals surface area (Å²) < 4.78 is 9.49. The Hall–Kier alpha value is -3.66. The SMILES string of the molecule is Cn1c(Nc2cc(C(C)(C)C)[nH]n2)nc2ncc(Oc3cnn4ccncc34)c(Cl)c21. The normalized spacial score (nSPS) is 12.0. The molecule has 0 aliphatic rings. The van der Waals surface area contributed by atoms with E-state index < -0.39 is 0 Å². The van der Waals surface area contributed by atoms with E-state index in [-0.39, 0.29) is 5.41 Å². The number of pyridine rings is 1. The maximum atomic E-state index is 6.68. The Kier molecular flexibility index (Phi) is 4.33. The van der Waals surface area contributed by atoms with Crippen LogP contribution in [0.5, 0.6) is 11.5 Å². The van der Waals surface area contributed by atoms with E-state index in [0.717, 1.165) is 11.2 Å². The van der Waals surface area contributed by atoms with Crippen LogP contribution in [0.1, 0.15) is 26.5 Å². The van der Waals surface area contributed by atoms with E-state index >= 15 is 0 Å². The molecule has 0 saturated carbocycles. The van der Waals surface area contributed by atoms with Crippen LogP contribution in [0.2, 0.25) is 5.02 Å². The Morgan fingerprint density at radius 3 is 2.77 bits per heavy atom. The lowest BCUT2D eigenvalue weighted by Gasteiger charge is -2.14. The summed E-state index contributed by atoms with van der Waals surface area (Å²) in [6.07, 6.45) is 8.22. The molecule has 5 aromatic heterocycles. The van der Waals surface area contributed by atoms with Gasteiger partial charge in [0, 0.05) is 36.6 Å². The zero-order chi connectivity index (χ0) is 21.8. The third kappa shape index (κ3) is 3.34. The number of ether oxygens (including phenoxy) is 1. The van der Waals surface area contributed by atoms with Gasteiger partial charge in [-0.05, 0) is 0 Å². The van der Waals surface area contributed by atoms with Crippen LogP contribution < -0.4 is 10.1 Å². The Morgan fingerprint density at radius 1 is 1.16 bits per heavy atom. The van der Waals surface area contributed by atoms with E-state index in [2.05, 4.69) is 56.3 Å². The first-order valence-corrected chi connectivity index (χ1v) is 9.98. The minimum absolute atomic E-state index is 0.0377. The first kappa shape index (κ1) is 19.3. The number of hydrogen-bond donors (Lipinski definition) is 2. The van der Waals surface area contributed by atoms with Crippen molar-refractivity contribution in [3.05, 3.63) is 47.8 Å². The molecule has 5 aromatic rings. The molecule has 0 bridgehead atoms. The number of aryl methyl sites for hydroxylation is 1. The van der Waals surface area contributed by atoms with Crippen molar-refractivity contribution in [2.75, 3.05) is 5.32 Å². The highest BCUT2D eigenvalue weighted by Gasteiger charge is 2.20. The van der Waals surface area contributed by atoms with E-state index in [0.29, 0.717) is 39.5 Å². The van der Waals surface area contributed by atoms with Crippen LogP contribution in [0, 0.1) is 0 Å². The predicted molar refractivity (Wildman–Crippen MR) is 117 cm³/mol. The average molecular weight is 438 g/mol. The molecule has 0 unspecified atom stereocenters. The van der Waals surface area contributed by atoms with E-state index in [1.807, 2.05) is 17.7 Å². The zero-order valence-corrected chi connectivity index (χ0v) is 18.1. The van der Waals surface area contributed by atoms with Gasteiger partial charge in [0.15, 0.2) is 23.0 Å². The number of nitrogens with zero attached hydrogens (tertiary/aromatic N) is 7. The largest absolute Gasteiger partial charge is 0.450 e. The second-order valence-corrected chi connectivity index (χ2v) is 8.54. The second-order valence-electron chi connectivity index (χ2n) is 8.16. The maximum Gasteiger partial charge on any atom is 0.210 e. The Bertz CT molecular complexity index is 1410. The number of aromatic nitrogens is 8. The van der Waals surface area contributed by atoms with Crippen molar-refractivity contribution in [3.63, 3.8) is 0 Å². The molecule has 0 atom stereocenters. The molecule has 11 heteroatoms. The number of aromatic amines is 1. The fourth-order valence-corrected chi connectivity index (χ4v) is 3.49. The summed E-state index contributed by atoms with van der Waals surface area (Å²) in [5.74, 6) is 2.16. The van der Waals surface area contributed by atoms with Crippen molar-refractivity contribution >= 4 is 40.0 Å². The van der Waals surface area contributed by atoms with Gasteiger partial charge < -0.3 is 14.6 Å². The summed E-state index contributed by atoms with van der Waals surface area (Å²) in [7, 11) is 1.85. The number of anilines is 2. The van der Waals surface area contributed by atoms with Gasteiger partial charge in [-0.15, -0.1) is 0 Å². The fraction of sp³-hybridized carbons (Fsp3) is 0.250. The van der Waals surface area contributed by atoms with Gasteiger partial charge in [0.25, 0.3) is 0 Å². The lowest BCUT2D eigenvalue weighted by molar-refractivity contribution is 0.486. The van der Waals surface area contributed by atoms with Gasteiger partial charge in [-0.1, -0.05) is 32.4 Å². The summed E-state index contributed by atoms with van der Waals surface area (Å²) in [5, 5.41) is 15.2. The maximum absolute atomic E-state index is 6.68. The van der Waals surface area contributed by atoms with E-state index in [4.69, 9.17) is 16.3 Å². The average Bonchev–Trinajstić information content (AvgIpc) is 3.43. The Balaban J connectivity index is 1.49. The van der Waals surface area contributed by atoms with Crippen molar-refractivity contribution in [1.82, 2.24) is 39.3 Å². The monoisotopic (exact) mass is 437 g/mol. The molecule has 0 fully saturated rings. The van der Waals surface area contributed by atoms with Crippen LogP contribution in [0.4, 0.5) is 11.8 Å². The Labute approximate surface area is 182 Å². The number of rotatable bonds is 4. The van der Waals surface area contributed by atoms with Crippen LogP contribution in [0.3, 0.4) is 0 Å². The van der Waals surface area contributed by atoms with Gasteiger partial charge in [-0.3, -0.25) is 10.1 Å². The van der Waals surface area contributed by atoms with Gasteiger partial charge in [0.05, 0.1) is 18.6 Å². The van der Waals surface area contributed by atoms with Gasteiger partial charge in [-0.2, -0.15) is 15.2 Å². The molecule has 0 spiro atoms. The molecule has 5 heterocycles. The molecule has 2 N–H and O–H groups in total. The number of halogens is 1. The Morgan fingerprint density at radius 2 is 2.00 bits per heavy atom. The topological polar surface area (TPSA) is 111 Å². The van der Waals surface area contributed by atoms with Crippen molar-refractivity contribution < 1.29 is 4.74 Å². The van der Waals surface area contributed by atoms with Crippen LogP contribution in [0.15, 0.2) is 37.1 Å². The van der Waals surface area contributed by atoms with E-state index in [1.54, 1.807) is 35.5 Å². The molecule has 31 heavy (non-hydrogen) atoms. The molecule has 5 rings (SSSR count). The minimum atomic E-state index is -0.0377. The summed E-state index contributed by atoms with van der Waals surface area (Å²) in [4.78, 5) is 13.1. The lowest BCUT2D eigenvalue weighted by Crippen LogP contribution is -2.11. The summed E-state index contributed by atoms with van der Waals surface area (Å²) in [6, 6.07) is 1.96. The smallest absolute Gasteiger partial charge is 0.210 e. The highest BCUT2D eigenvalue weighted by atomic mass is 35.5. The molecule has 0 amide bonds. The number of nitrogens with one attached hydrogen (secondary N) is 2. The number of fused-ring (bicyclic) bond motifs is 2. The van der Waals surface area contributed by atoms with Crippen molar-refractivity contribution in [2.24, 2.45) is 7.05 Å². The van der Waals surface area contributed by atoms with Gasteiger partial charge in [0.1, 0.15) is 16.1 Å². The first-order chi connectivity index (χ1) is 14.8. The molecule has 10 nitrogen and oxygen atoms in total. The standard InChI is InChI=1S/C20H20ClN9O/c1-20(2,3)14-7-15(28-27-14)25-19-26-18-17(29(19)4)16(21)13(9-23-18)31-12-10-24-30-6-5-22-8-11(12)30/h5-10H,1-4H3,(H2,23,25,26,27,28). The highest BCUT2D eigenvalue weighted by Crippen LogP contribution is 2.36. The molecular weight excluding hydrogens is 418 g/mol. The molecule has 0 radical (unpaired) electrons. The quantitative estimate of drug-likeness (QED) is 0.433. The van der Waals surface area contributed by atoms with Crippen LogP contribution in [-0.2, 0) is 12.5 Å². The lowest BCUT2D eigenvalue weighted by atomic mass is 9.92. The van der Waals surface area contributed by atoms with Crippen LogP contribution >= 0.6 is 11.6 Å². The fourth-order valence-electron chi connectivity index (χ4n) is 3.19. The first-order valence-electron chi connectivity index (χ1n) is 9.60. The predicted octanol–water partition coefficient (Wildman–Crippen LogP) is 4.22. The summed E-state index contributed by atoms with van der Waals surface area (Å²) >= 11 is 6.68.